The zero-order valence-electron chi connectivity index (χ0n) is 41.4. The van der Waals surface area contributed by atoms with Crippen LogP contribution >= 0.6 is 0 Å². The first kappa shape index (κ1) is 55.2. The number of rotatable bonds is 10. The number of piperidine rings is 1. The molecule has 4 N–H and O–H groups in total. The minimum absolute atomic E-state index is 0.0274. The van der Waals surface area contributed by atoms with Crippen LogP contribution in [0.4, 0.5) is 0 Å². The topological polar surface area (TPSA) is 218 Å². The first-order chi connectivity index (χ1) is 30.8. The largest absolute Gasteiger partial charge is 0.391 e. The van der Waals surface area contributed by atoms with E-state index in [4.69, 9.17) is 4.74 Å². The summed E-state index contributed by atoms with van der Waals surface area (Å²) in [5, 5.41) is 19.0. The summed E-state index contributed by atoms with van der Waals surface area (Å²) in [7, 11) is 5.77. The Morgan fingerprint density at radius 3 is 1.77 bits per heavy atom. The summed E-state index contributed by atoms with van der Waals surface area (Å²) in [5.41, 5.74) is -0.0519. The number of hydrogen-bond donors (Lipinski definition) is 4. The molecule has 18 nitrogen and oxygen atoms in total. The summed E-state index contributed by atoms with van der Waals surface area (Å²) >= 11 is 0. The molecule has 0 aliphatic carbocycles. The average molecular weight is 927 g/mol. The Morgan fingerprint density at radius 1 is 0.712 bits per heavy atom. The molecule has 18 heteroatoms. The molecule has 8 amide bonds. The molecule has 66 heavy (non-hydrogen) atoms. The highest BCUT2D eigenvalue weighted by molar-refractivity contribution is 5.98. The van der Waals surface area contributed by atoms with Gasteiger partial charge in [-0.3, -0.25) is 38.4 Å². The lowest BCUT2D eigenvalue weighted by atomic mass is 9.98. The van der Waals surface area contributed by atoms with Gasteiger partial charge in [0.1, 0.15) is 36.3 Å². The summed E-state index contributed by atoms with van der Waals surface area (Å²) < 4.78 is 6.09. The van der Waals surface area contributed by atoms with Gasteiger partial charge in [0.25, 0.3) is 0 Å². The van der Waals surface area contributed by atoms with Crippen LogP contribution in [0.5, 0.6) is 0 Å². The predicted octanol–water partition coefficient (Wildman–Crippen LogP) is 1.72. The van der Waals surface area contributed by atoms with Crippen molar-refractivity contribution in [3.8, 4) is 0 Å². The molecule has 0 saturated carbocycles. The van der Waals surface area contributed by atoms with Crippen LogP contribution < -0.4 is 16.0 Å². The standard InChI is InChI=1S/C48H78N8O10/c1-30(2)25-36-42(60)49-34(45(63)56-22-17-14-18-23-56)28-40(59)52(9)24-21-39(58)51-41(32(5)57)47(65)54(11)37(26-31(3)4)43(61)50-35(29-66-48(6,7)8)44(62)55(12)38(46(64)53(36)10)27-33-19-15-13-16-20-33/h13,15-16,19-20,30-32,34-38,41,57H,14,17-18,21-29H2,1-12H3,(H,49,60)(H,50,61)(H,51,58)/t32-,34+,35+,36+,37+,38+,41+/m1/s1. The van der Waals surface area contributed by atoms with Crippen molar-refractivity contribution >= 4 is 47.3 Å². The quantitative estimate of drug-likeness (QED) is 0.267. The maximum absolute atomic E-state index is 15.0. The van der Waals surface area contributed by atoms with Gasteiger partial charge in [-0.05, 0) is 77.2 Å². The Morgan fingerprint density at radius 2 is 1.24 bits per heavy atom. The Labute approximate surface area is 391 Å². The van der Waals surface area contributed by atoms with E-state index in [9.17, 15) is 38.7 Å². The number of nitrogens with one attached hydrogen (secondary N) is 3. The fraction of sp³-hybridized carbons (Fsp3) is 0.708. The lowest BCUT2D eigenvalue weighted by molar-refractivity contribution is -0.151. The van der Waals surface area contributed by atoms with Crippen LogP contribution in [0.3, 0.4) is 0 Å². The number of amides is 8. The molecule has 7 atom stereocenters. The fourth-order valence-electron chi connectivity index (χ4n) is 8.10. The molecular weight excluding hydrogens is 849 g/mol. The van der Waals surface area contributed by atoms with Crippen molar-refractivity contribution < 1.29 is 48.2 Å². The molecule has 2 fully saturated rings. The maximum atomic E-state index is 15.0. The highest BCUT2D eigenvalue weighted by Crippen LogP contribution is 2.21. The van der Waals surface area contributed by atoms with Gasteiger partial charge >= 0.3 is 0 Å². The summed E-state index contributed by atoms with van der Waals surface area (Å²) in [4.78, 5) is 121. The van der Waals surface area contributed by atoms with Gasteiger partial charge in [0.15, 0.2) is 0 Å². The van der Waals surface area contributed by atoms with Gasteiger partial charge in [0.05, 0.1) is 24.7 Å². The molecule has 0 bridgehead atoms. The van der Waals surface area contributed by atoms with E-state index in [0.29, 0.717) is 18.7 Å². The van der Waals surface area contributed by atoms with Crippen LogP contribution in [0.25, 0.3) is 0 Å². The first-order valence-electron chi connectivity index (χ1n) is 23.4. The third-order valence-electron chi connectivity index (χ3n) is 12.1. The number of likely N-dealkylation sites (N-methyl/N-ethyl adjacent to an activating group) is 3. The number of benzene rings is 1. The zero-order valence-corrected chi connectivity index (χ0v) is 41.4. The van der Waals surface area contributed by atoms with Gasteiger partial charge < -0.3 is 50.3 Å². The van der Waals surface area contributed by atoms with Crippen LogP contribution in [0.1, 0.15) is 106 Å². The van der Waals surface area contributed by atoms with Gasteiger partial charge in [0, 0.05) is 60.7 Å². The molecular formula is C48H78N8O10. The van der Waals surface area contributed by atoms with Crippen molar-refractivity contribution in [1.29, 1.82) is 0 Å². The molecule has 0 unspecified atom stereocenters. The third-order valence-corrected chi connectivity index (χ3v) is 12.1. The SMILES string of the molecule is CC(C)C[C@H]1C(=O)N[C@@H](COC(C)(C)C)C(=O)N(C)[C@@H](Cc2ccccc2)C(=O)N(C)[C@@H](CC(C)C)C(=O)N[C@H](C(=O)N2CCCCC2)CC(=O)N(C)CCC(=O)N[C@@H]([C@@H](C)O)C(=O)N1C. The van der Waals surface area contributed by atoms with Crippen molar-refractivity contribution in [3.05, 3.63) is 35.9 Å². The van der Waals surface area contributed by atoms with E-state index in [2.05, 4.69) is 16.0 Å². The van der Waals surface area contributed by atoms with E-state index in [-0.39, 0.29) is 50.7 Å². The van der Waals surface area contributed by atoms with Crippen LogP contribution in [0.15, 0.2) is 30.3 Å². The lowest BCUT2D eigenvalue weighted by Gasteiger charge is -2.38. The lowest BCUT2D eigenvalue weighted by Crippen LogP contribution is -2.62. The Hall–Kier alpha value is -5.10. The molecule has 1 aromatic carbocycles. The van der Waals surface area contributed by atoms with Gasteiger partial charge in [-0.15, -0.1) is 0 Å². The first-order valence-corrected chi connectivity index (χ1v) is 23.4. The van der Waals surface area contributed by atoms with E-state index in [1.54, 1.807) is 37.8 Å². The molecule has 2 aliphatic rings. The molecule has 2 saturated heterocycles. The Balaban J connectivity index is 2.25. The van der Waals surface area contributed by atoms with Gasteiger partial charge in [-0.1, -0.05) is 58.0 Å². The highest BCUT2D eigenvalue weighted by atomic mass is 16.5. The van der Waals surface area contributed by atoms with E-state index >= 15 is 4.79 Å². The molecule has 2 aliphatic heterocycles. The van der Waals surface area contributed by atoms with Crippen LogP contribution in [0.2, 0.25) is 0 Å². The molecule has 0 aromatic heterocycles. The second-order valence-corrected chi connectivity index (χ2v) is 19.8. The zero-order chi connectivity index (χ0) is 49.6. The monoisotopic (exact) mass is 927 g/mol. The molecule has 2 heterocycles. The van der Waals surface area contributed by atoms with E-state index in [0.717, 1.165) is 24.2 Å². The summed E-state index contributed by atoms with van der Waals surface area (Å²) in [6, 6.07) is 1.37. The number of hydrogen-bond acceptors (Lipinski definition) is 10. The number of carbonyl (C=O) groups is 8. The molecule has 370 valence electrons. The molecule has 3 rings (SSSR count). The minimum atomic E-state index is -1.48. The number of aliphatic hydroxyl groups excluding tert-OH is 1. The third kappa shape index (κ3) is 16.3. The number of nitrogens with zero attached hydrogens (tertiary/aromatic N) is 5. The van der Waals surface area contributed by atoms with E-state index < -0.39 is 102 Å². The Bertz CT molecular complexity index is 1830. The van der Waals surface area contributed by atoms with Crippen LogP contribution in [-0.2, 0) is 49.5 Å². The van der Waals surface area contributed by atoms with Gasteiger partial charge in [-0.25, -0.2) is 0 Å². The Kier molecular flexibility index (Phi) is 21.0. The van der Waals surface area contributed by atoms with Crippen molar-refractivity contribution in [2.75, 3.05) is 54.4 Å². The second kappa shape index (κ2) is 25.1. The van der Waals surface area contributed by atoms with Gasteiger partial charge in [0.2, 0.25) is 47.3 Å². The summed E-state index contributed by atoms with van der Waals surface area (Å²) in [5.74, 6) is -5.31. The van der Waals surface area contributed by atoms with Crippen molar-refractivity contribution in [1.82, 2.24) is 40.4 Å². The maximum Gasteiger partial charge on any atom is 0.248 e. The number of ether oxygens (including phenoxy) is 1. The number of likely N-dealkylation sites (tertiary alicyclic amines) is 1. The van der Waals surface area contributed by atoms with Crippen molar-refractivity contribution in [2.45, 2.75) is 155 Å². The smallest absolute Gasteiger partial charge is 0.248 e. The average Bonchev–Trinajstić information content (AvgIpc) is 3.26. The van der Waals surface area contributed by atoms with Gasteiger partial charge in [-0.2, -0.15) is 0 Å². The predicted molar refractivity (Wildman–Crippen MR) is 249 cm³/mol. The number of aliphatic hydroxyl groups is 1. The van der Waals surface area contributed by atoms with E-state index in [1.807, 2.05) is 45.9 Å². The highest BCUT2D eigenvalue weighted by Gasteiger charge is 2.41. The second-order valence-electron chi connectivity index (χ2n) is 19.8. The normalized spacial score (nSPS) is 25.3. The molecule has 1 aromatic rings. The number of carbonyl (C=O) groups excluding carboxylic acids is 8. The van der Waals surface area contributed by atoms with E-state index in [1.165, 1.54) is 49.8 Å². The summed E-state index contributed by atoms with van der Waals surface area (Å²) in [6.45, 7) is 14.6. The summed E-state index contributed by atoms with van der Waals surface area (Å²) in [6.07, 6.45) is 0.671. The van der Waals surface area contributed by atoms with Crippen LogP contribution in [0, 0.1) is 11.8 Å². The fourth-order valence-corrected chi connectivity index (χ4v) is 8.10. The molecule has 0 radical (unpaired) electrons. The van der Waals surface area contributed by atoms with Crippen molar-refractivity contribution in [2.24, 2.45) is 11.8 Å². The van der Waals surface area contributed by atoms with Crippen molar-refractivity contribution in [3.63, 3.8) is 0 Å². The minimum Gasteiger partial charge on any atom is -0.391 e. The molecule has 0 spiro atoms. The van der Waals surface area contributed by atoms with Crippen LogP contribution in [-0.4, -0.2) is 179 Å².